The smallest absolute Gasteiger partial charge is 0.315 e. The van der Waals surface area contributed by atoms with E-state index in [9.17, 15) is 4.79 Å². The van der Waals surface area contributed by atoms with Crippen molar-refractivity contribution in [2.75, 3.05) is 26.7 Å². The van der Waals surface area contributed by atoms with Crippen molar-refractivity contribution >= 4 is 6.41 Å². The second kappa shape index (κ2) is 7.50. The van der Waals surface area contributed by atoms with E-state index in [1.165, 1.54) is 4.90 Å². The first-order valence-corrected chi connectivity index (χ1v) is 3.63. The van der Waals surface area contributed by atoms with Gasteiger partial charge in [0.25, 0.3) is 0 Å². The van der Waals surface area contributed by atoms with Crippen LogP contribution in [0.15, 0.2) is 0 Å². The van der Waals surface area contributed by atoms with Crippen LogP contribution in [0.1, 0.15) is 13.8 Å². The molecule has 0 aliphatic rings. The van der Waals surface area contributed by atoms with Gasteiger partial charge in [0.1, 0.15) is 13.5 Å². The van der Waals surface area contributed by atoms with E-state index >= 15 is 0 Å². The third kappa shape index (κ3) is 5.82. The van der Waals surface area contributed by atoms with E-state index < -0.39 is 0 Å². The molecule has 0 heterocycles. The Bertz CT molecular complexity index is 89.7. The van der Waals surface area contributed by atoms with Crippen molar-refractivity contribution in [3.05, 3.63) is 0 Å². The fourth-order valence-electron chi connectivity index (χ4n) is 0.493. The Morgan fingerprint density at radius 3 is 1.91 bits per heavy atom. The molecule has 0 unspecified atom stereocenters. The number of hydrogen-bond acceptors (Lipinski definition) is 3. The summed E-state index contributed by atoms with van der Waals surface area (Å²) in [7, 11) is 0. The fraction of sp³-hybridized carbons (Fsp3) is 0.857. The minimum absolute atomic E-state index is 0.250. The highest BCUT2D eigenvalue weighted by Gasteiger charge is 1.99. The fourth-order valence-corrected chi connectivity index (χ4v) is 0.493. The van der Waals surface area contributed by atoms with Crippen molar-refractivity contribution in [2.45, 2.75) is 13.8 Å². The van der Waals surface area contributed by atoms with Gasteiger partial charge in [-0.15, -0.1) is 0 Å². The van der Waals surface area contributed by atoms with Crippen LogP contribution in [-0.4, -0.2) is 38.0 Å². The Morgan fingerprint density at radius 1 is 1.18 bits per heavy atom. The molecule has 0 spiro atoms. The topological polar surface area (TPSA) is 38.8 Å². The Morgan fingerprint density at radius 2 is 1.64 bits per heavy atom. The molecule has 11 heavy (non-hydrogen) atoms. The third-order valence-corrected chi connectivity index (χ3v) is 1.03. The molecular weight excluding hydrogens is 146 g/mol. The molecule has 0 bridgehead atoms. The number of ether oxygens (including phenoxy) is 2. The number of rotatable bonds is 7. The van der Waals surface area contributed by atoms with E-state index in [2.05, 4.69) is 0 Å². The van der Waals surface area contributed by atoms with Crippen LogP contribution in [0, 0.1) is 0 Å². The van der Waals surface area contributed by atoms with Crippen molar-refractivity contribution in [3.8, 4) is 0 Å². The highest BCUT2D eigenvalue weighted by Crippen LogP contribution is 1.85. The van der Waals surface area contributed by atoms with Crippen molar-refractivity contribution in [1.82, 2.24) is 4.90 Å². The zero-order valence-corrected chi connectivity index (χ0v) is 7.00. The molecule has 1 amide bonds. The van der Waals surface area contributed by atoms with Crippen LogP contribution in [0.25, 0.3) is 0 Å². The summed E-state index contributed by atoms with van der Waals surface area (Å²) in [6.07, 6.45) is 1.70. The molecule has 4 heteroatoms. The zero-order valence-electron chi connectivity index (χ0n) is 7.00. The number of amides is 1. The first-order valence-electron chi connectivity index (χ1n) is 3.63. The van der Waals surface area contributed by atoms with Gasteiger partial charge in [-0.2, -0.15) is 0 Å². The van der Waals surface area contributed by atoms with E-state index in [-0.39, 0.29) is 13.5 Å². The Hall–Kier alpha value is -0.610. The summed E-state index contributed by atoms with van der Waals surface area (Å²) in [5.74, 6) is 0. The molecule has 0 saturated heterocycles. The normalized spacial score (nSPS) is 9.64. The molecular formula is C7H14NO3. The number of nitrogens with zero attached hydrogens (tertiary/aromatic N) is 1. The van der Waals surface area contributed by atoms with Crippen LogP contribution in [0.2, 0.25) is 0 Å². The average molecular weight is 160 g/mol. The lowest BCUT2D eigenvalue weighted by atomic mass is 10.8. The molecule has 0 rings (SSSR count). The van der Waals surface area contributed by atoms with E-state index in [4.69, 9.17) is 9.47 Å². The first-order chi connectivity index (χ1) is 5.35. The van der Waals surface area contributed by atoms with Gasteiger partial charge in [-0.3, -0.25) is 9.69 Å². The van der Waals surface area contributed by atoms with Crippen molar-refractivity contribution in [2.24, 2.45) is 0 Å². The maximum absolute atomic E-state index is 10.2. The highest BCUT2D eigenvalue weighted by molar-refractivity contribution is 5.47. The van der Waals surface area contributed by atoms with Gasteiger partial charge in [0, 0.05) is 13.2 Å². The molecule has 4 nitrogen and oxygen atoms in total. The molecule has 0 aliphatic heterocycles. The number of hydrogen-bond donors (Lipinski definition) is 0. The van der Waals surface area contributed by atoms with Gasteiger partial charge in [0.05, 0.1) is 0 Å². The Kier molecular flexibility index (Phi) is 7.08. The second-order valence-corrected chi connectivity index (χ2v) is 1.87. The maximum Gasteiger partial charge on any atom is 0.315 e. The predicted molar refractivity (Wildman–Crippen MR) is 40.5 cm³/mol. The lowest BCUT2D eigenvalue weighted by Crippen LogP contribution is -2.27. The lowest BCUT2D eigenvalue weighted by molar-refractivity contribution is -0.000664. The number of carbonyl (C=O) groups excluding carboxylic acids is 1. The molecule has 0 N–H and O–H groups in total. The predicted octanol–water partition coefficient (Wildman–Crippen LogP) is 0.344. The summed E-state index contributed by atoms with van der Waals surface area (Å²) < 4.78 is 9.93. The van der Waals surface area contributed by atoms with Crippen molar-refractivity contribution in [3.63, 3.8) is 0 Å². The molecule has 0 aromatic rings. The lowest BCUT2D eigenvalue weighted by Gasteiger charge is -2.14. The highest BCUT2D eigenvalue weighted by atomic mass is 16.5. The maximum atomic E-state index is 10.2. The quantitative estimate of drug-likeness (QED) is 0.398. The van der Waals surface area contributed by atoms with Gasteiger partial charge < -0.3 is 9.47 Å². The van der Waals surface area contributed by atoms with Crippen molar-refractivity contribution in [1.29, 1.82) is 0 Å². The van der Waals surface area contributed by atoms with E-state index in [0.29, 0.717) is 13.2 Å². The zero-order chi connectivity index (χ0) is 8.53. The van der Waals surface area contributed by atoms with Gasteiger partial charge in [0.2, 0.25) is 0 Å². The summed E-state index contributed by atoms with van der Waals surface area (Å²) >= 11 is 0. The summed E-state index contributed by atoms with van der Waals surface area (Å²) in [6.45, 7) is 5.40. The Balaban J connectivity index is 3.33. The second-order valence-electron chi connectivity index (χ2n) is 1.87. The minimum Gasteiger partial charge on any atom is -0.361 e. The van der Waals surface area contributed by atoms with Crippen LogP contribution in [0.5, 0.6) is 0 Å². The van der Waals surface area contributed by atoms with E-state index in [1.54, 1.807) is 6.41 Å². The van der Waals surface area contributed by atoms with Crippen LogP contribution in [-0.2, 0) is 14.3 Å². The summed E-state index contributed by atoms with van der Waals surface area (Å²) in [6, 6.07) is 0. The molecule has 1 radical (unpaired) electrons. The summed E-state index contributed by atoms with van der Waals surface area (Å²) in [5, 5.41) is 0. The first kappa shape index (κ1) is 10.4. The summed E-state index contributed by atoms with van der Waals surface area (Å²) in [4.78, 5) is 11.5. The molecule has 0 aliphatic carbocycles. The van der Waals surface area contributed by atoms with Crippen LogP contribution in [0.3, 0.4) is 0 Å². The molecule has 0 fully saturated rings. The van der Waals surface area contributed by atoms with Crippen LogP contribution >= 0.6 is 0 Å². The largest absolute Gasteiger partial charge is 0.361 e. The molecule has 0 saturated carbocycles. The van der Waals surface area contributed by atoms with E-state index in [1.807, 2.05) is 13.8 Å². The summed E-state index contributed by atoms with van der Waals surface area (Å²) in [5.41, 5.74) is 0. The molecule has 0 aromatic carbocycles. The minimum atomic E-state index is 0.250. The standard InChI is InChI=1S/C7H14NO3/c1-3-10-6-8(5-9)7-11-4-2/h3-4,6-7H2,1-2H3. The average Bonchev–Trinajstić information content (AvgIpc) is 2.05. The van der Waals surface area contributed by atoms with Crippen LogP contribution in [0.4, 0.5) is 0 Å². The SMILES string of the molecule is CCOCN([C]=O)COCC. The molecule has 0 aromatic heterocycles. The van der Waals surface area contributed by atoms with E-state index in [0.717, 1.165) is 0 Å². The van der Waals surface area contributed by atoms with Gasteiger partial charge in [-0.25, -0.2) is 0 Å². The van der Waals surface area contributed by atoms with Gasteiger partial charge >= 0.3 is 6.41 Å². The van der Waals surface area contributed by atoms with Crippen molar-refractivity contribution < 1.29 is 14.3 Å². The van der Waals surface area contributed by atoms with Gasteiger partial charge in [0.15, 0.2) is 0 Å². The monoisotopic (exact) mass is 160 g/mol. The Labute approximate surface area is 67.1 Å². The molecule has 65 valence electrons. The van der Waals surface area contributed by atoms with Crippen LogP contribution < -0.4 is 0 Å². The van der Waals surface area contributed by atoms with Gasteiger partial charge in [-0.1, -0.05) is 0 Å². The third-order valence-electron chi connectivity index (χ3n) is 1.03. The molecule has 0 atom stereocenters. The van der Waals surface area contributed by atoms with Gasteiger partial charge in [-0.05, 0) is 13.8 Å².